The number of halogens is 2. The molecule has 4 unspecified atom stereocenters. The van der Waals surface area contributed by atoms with Crippen molar-refractivity contribution in [2.24, 2.45) is 22.2 Å². The van der Waals surface area contributed by atoms with Crippen LogP contribution >= 0.6 is 23.2 Å². The molecule has 3 aromatic rings. The van der Waals surface area contributed by atoms with Crippen LogP contribution in [0.4, 0.5) is 0 Å². The molecule has 11 heteroatoms. The van der Waals surface area contributed by atoms with E-state index in [1.807, 2.05) is 24.3 Å². The third-order valence-electron chi connectivity index (χ3n) is 9.73. The highest BCUT2D eigenvalue weighted by Crippen LogP contribution is 2.52. The van der Waals surface area contributed by atoms with Gasteiger partial charge in [-0.15, -0.1) is 10.2 Å². The van der Waals surface area contributed by atoms with Crippen LogP contribution in [0.1, 0.15) is 112 Å². The summed E-state index contributed by atoms with van der Waals surface area (Å²) in [7, 11) is 0. The molecule has 2 fully saturated rings. The van der Waals surface area contributed by atoms with Crippen molar-refractivity contribution >= 4 is 40.7 Å². The molecule has 0 bridgehead atoms. The fourth-order valence-electron chi connectivity index (χ4n) is 7.51. The number of hydrogen-bond donors (Lipinski definition) is 2. The van der Waals surface area contributed by atoms with Crippen LogP contribution in [0.3, 0.4) is 0 Å². The van der Waals surface area contributed by atoms with E-state index >= 15 is 0 Å². The van der Waals surface area contributed by atoms with Gasteiger partial charge in [-0.25, -0.2) is 0 Å². The summed E-state index contributed by atoms with van der Waals surface area (Å²) in [5, 5.41) is 17.5. The number of aliphatic imine (C=N–C) groups is 1. The maximum absolute atomic E-state index is 14.7. The number of H-pyrrole nitrogens is 1. The number of nitrogens with zero attached hydrogens (tertiary/aromatic N) is 5. The molecular weight excluding hydrogens is 609 g/mol. The molecule has 0 saturated heterocycles. The SMILES string of the molecule is CC(C)(C)CCC(c1ccc(C(=O)NCc2nn[nH]n2)cc1)N1C(=O)C(c2cc(Cl)cc(Cl)c2)=NC12CCC1CCCCC1C2. The predicted octanol–water partition coefficient (Wildman–Crippen LogP) is 7.32. The van der Waals surface area contributed by atoms with Crippen LogP contribution in [0.2, 0.25) is 10.0 Å². The highest BCUT2D eigenvalue weighted by Gasteiger charge is 2.54. The van der Waals surface area contributed by atoms with E-state index in [-0.39, 0.29) is 29.8 Å². The largest absolute Gasteiger partial charge is 0.345 e. The quantitative estimate of drug-likeness (QED) is 0.265. The molecule has 1 aliphatic heterocycles. The first kappa shape index (κ1) is 31.7. The lowest BCUT2D eigenvalue weighted by molar-refractivity contribution is -0.135. The Morgan fingerprint density at radius 3 is 2.44 bits per heavy atom. The molecular formula is C34H41Cl2N7O2. The highest BCUT2D eigenvalue weighted by atomic mass is 35.5. The standard InChI is InChI=1S/C34H41Cl2N7O2/c1-33(2,3)14-13-28(22-8-10-23(11-9-22)31(44)37-20-29-39-41-42-40-29)43-32(45)30(25-16-26(35)18-27(36)17-25)38-34(43)15-12-21-6-4-5-7-24(21)19-34/h8-11,16-18,21,24,28H,4-7,12-15,19-20H2,1-3H3,(H,37,44)(H,39,40,41,42). The van der Waals surface area contributed by atoms with E-state index in [1.165, 1.54) is 25.7 Å². The normalized spacial score (nSPS) is 24.0. The Kier molecular flexibility index (Phi) is 9.03. The zero-order chi connectivity index (χ0) is 31.8. The molecule has 238 valence electrons. The van der Waals surface area contributed by atoms with Gasteiger partial charge in [-0.3, -0.25) is 14.6 Å². The van der Waals surface area contributed by atoms with Crippen LogP contribution in [0.5, 0.6) is 0 Å². The summed E-state index contributed by atoms with van der Waals surface area (Å²) in [6.45, 7) is 6.86. The number of fused-ring (bicyclic) bond motifs is 1. The Balaban J connectivity index is 1.36. The molecule has 2 saturated carbocycles. The Morgan fingerprint density at radius 1 is 1.07 bits per heavy atom. The number of aromatic nitrogens is 4. The molecule has 1 spiro atoms. The van der Waals surface area contributed by atoms with Crippen LogP contribution in [0.25, 0.3) is 0 Å². The van der Waals surface area contributed by atoms with E-state index in [9.17, 15) is 9.59 Å². The Morgan fingerprint density at radius 2 is 1.78 bits per heavy atom. The minimum absolute atomic E-state index is 0.0639. The number of hydrogen-bond acceptors (Lipinski definition) is 6. The molecule has 2 N–H and O–H groups in total. The van der Waals surface area contributed by atoms with Gasteiger partial charge in [0.25, 0.3) is 11.8 Å². The molecule has 4 atom stereocenters. The monoisotopic (exact) mass is 649 g/mol. The summed E-state index contributed by atoms with van der Waals surface area (Å²) >= 11 is 12.8. The third-order valence-corrected chi connectivity index (χ3v) is 10.2. The minimum atomic E-state index is -0.636. The van der Waals surface area contributed by atoms with E-state index in [2.05, 4.69) is 51.6 Å². The average molecular weight is 651 g/mol. The molecule has 2 heterocycles. The smallest absolute Gasteiger partial charge is 0.275 e. The maximum atomic E-state index is 14.7. The summed E-state index contributed by atoms with van der Waals surface area (Å²) in [4.78, 5) is 35.1. The van der Waals surface area contributed by atoms with Crippen molar-refractivity contribution in [2.75, 3.05) is 0 Å². The van der Waals surface area contributed by atoms with E-state index in [0.717, 1.165) is 37.7 Å². The van der Waals surface area contributed by atoms with Crippen molar-refractivity contribution in [1.29, 1.82) is 0 Å². The van der Waals surface area contributed by atoms with Crippen molar-refractivity contribution in [3.8, 4) is 0 Å². The second kappa shape index (κ2) is 12.8. The first-order chi connectivity index (χ1) is 21.5. The third kappa shape index (κ3) is 6.94. The number of carbonyl (C=O) groups excluding carboxylic acids is 2. The van der Waals surface area contributed by atoms with Gasteiger partial charge in [0.15, 0.2) is 5.82 Å². The highest BCUT2D eigenvalue weighted by molar-refractivity contribution is 6.47. The number of amides is 2. The summed E-state index contributed by atoms with van der Waals surface area (Å²) < 4.78 is 0. The van der Waals surface area contributed by atoms with Crippen molar-refractivity contribution in [1.82, 2.24) is 30.8 Å². The van der Waals surface area contributed by atoms with Crippen molar-refractivity contribution in [2.45, 2.75) is 96.8 Å². The zero-order valence-electron chi connectivity index (χ0n) is 26.2. The second-order valence-corrected chi connectivity index (χ2v) is 14.9. The molecule has 6 rings (SSSR count). The Hall–Kier alpha value is -3.30. The Bertz CT molecular complexity index is 1550. The molecule has 0 radical (unpaired) electrons. The van der Waals surface area contributed by atoms with Gasteiger partial charge >= 0.3 is 0 Å². The summed E-state index contributed by atoms with van der Waals surface area (Å²) in [6.07, 6.45) is 9.41. The van der Waals surface area contributed by atoms with E-state index in [0.29, 0.717) is 44.5 Å². The lowest BCUT2D eigenvalue weighted by Crippen LogP contribution is -2.53. The van der Waals surface area contributed by atoms with Gasteiger partial charge in [0.05, 0.1) is 12.6 Å². The summed E-state index contributed by atoms with van der Waals surface area (Å²) in [5.41, 5.74) is 2.04. The van der Waals surface area contributed by atoms with E-state index in [4.69, 9.17) is 28.2 Å². The Labute approximate surface area is 274 Å². The van der Waals surface area contributed by atoms with Crippen LogP contribution in [-0.2, 0) is 11.3 Å². The minimum Gasteiger partial charge on any atom is -0.345 e. The maximum Gasteiger partial charge on any atom is 0.275 e. The van der Waals surface area contributed by atoms with Crippen molar-refractivity contribution < 1.29 is 9.59 Å². The fourth-order valence-corrected chi connectivity index (χ4v) is 8.03. The van der Waals surface area contributed by atoms with Crippen LogP contribution < -0.4 is 5.32 Å². The van der Waals surface area contributed by atoms with Gasteiger partial charge in [-0.1, -0.05) is 87.0 Å². The molecule has 2 aromatic carbocycles. The van der Waals surface area contributed by atoms with Gasteiger partial charge in [0, 0.05) is 21.2 Å². The first-order valence-corrected chi connectivity index (χ1v) is 16.8. The molecule has 2 aliphatic carbocycles. The van der Waals surface area contributed by atoms with E-state index in [1.54, 1.807) is 18.2 Å². The number of benzene rings is 2. The summed E-state index contributed by atoms with van der Waals surface area (Å²) in [5.74, 6) is 1.33. The fraction of sp³-hybridized carbons (Fsp3) is 0.529. The molecule has 45 heavy (non-hydrogen) atoms. The second-order valence-electron chi connectivity index (χ2n) is 14.1. The lowest BCUT2D eigenvalue weighted by atomic mass is 9.67. The van der Waals surface area contributed by atoms with Gasteiger partial charge in [-0.2, -0.15) is 5.21 Å². The van der Waals surface area contributed by atoms with Crippen LogP contribution in [-0.4, -0.2) is 48.7 Å². The predicted molar refractivity (Wildman–Crippen MR) is 175 cm³/mol. The van der Waals surface area contributed by atoms with Crippen LogP contribution in [0.15, 0.2) is 47.5 Å². The van der Waals surface area contributed by atoms with Crippen LogP contribution in [0, 0.1) is 17.3 Å². The molecule has 2 amide bonds. The van der Waals surface area contributed by atoms with Crippen molar-refractivity contribution in [3.05, 3.63) is 75.0 Å². The van der Waals surface area contributed by atoms with Gasteiger partial charge in [-0.05, 0) is 85.3 Å². The topological polar surface area (TPSA) is 116 Å². The van der Waals surface area contributed by atoms with E-state index < -0.39 is 5.66 Å². The van der Waals surface area contributed by atoms with Gasteiger partial charge in [0.1, 0.15) is 11.4 Å². The number of carbonyl (C=O) groups is 2. The molecule has 1 aromatic heterocycles. The zero-order valence-corrected chi connectivity index (χ0v) is 27.7. The number of tetrazole rings is 1. The van der Waals surface area contributed by atoms with Gasteiger partial charge in [0.2, 0.25) is 0 Å². The van der Waals surface area contributed by atoms with Gasteiger partial charge < -0.3 is 10.2 Å². The summed E-state index contributed by atoms with van der Waals surface area (Å²) in [6, 6.07) is 12.7. The lowest BCUT2D eigenvalue weighted by Gasteiger charge is -2.49. The number of aromatic amines is 1. The number of nitrogens with one attached hydrogen (secondary N) is 2. The number of rotatable bonds is 8. The molecule has 9 nitrogen and oxygen atoms in total. The first-order valence-electron chi connectivity index (χ1n) is 16.0. The molecule has 3 aliphatic rings. The average Bonchev–Trinajstić information content (AvgIpc) is 3.62. The van der Waals surface area contributed by atoms with Crippen molar-refractivity contribution in [3.63, 3.8) is 0 Å².